The fraction of sp³-hybridized carbons (Fsp3) is 0.500. The number of allylic oxidation sites excluding steroid dienone is 2. The van der Waals surface area contributed by atoms with Crippen molar-refractivity contribution < 1.29 is 4.74 Å². The van der Waals surface area contributed by atoms with Crippen molar-refractivity contribution in [2.75, 3.05) is 7.05 Å². The fourth-order valence-electron chi connectivity index (χ4n) is 5.36. The van der Waals surface area contributed by atoms with Crippen LogP contribution < -0.4 is 4.74 Å². The smallest absolute Gasteiger partial charge is 0.127 e. The first-order valence-electron chi connectivity index (χ1n) is 11.4. The Morgan fingerprint density at radius 1 is 1.03 bits per heavy atom. The Morgan fingerprint density at radius 3 is 2.40 bits per heavy atom. The van der Waals surface area contributed by atoms with Crippen LogP contribution in [0.1, 0.15) is 76.7 Å². The van der Waals surface area contributed by atoms with E-state index in [2.05, 4.69) is 108 Å². The number of fused-ring (bicyclic) bond motifs is 1. The molecule has 0 amide bonds. The molecule has 0 saturated heterocycles. The third-order valence-electron chi connectivity index (χ3n) is 7.90. The minimum Gasteiger partial charge on any atom is -0.485 e. The van der Waals surface area contributed by atoms with Crippen molar-refractivity contribution in [2.45, 2.75) is 71.9 Å². The van der Waals surface area contributed by atoms with E-state index in [4.69, 9.17) is 4.74 Å². The lowest BCUT2D eigenvalue weighted by Crippen LogP contribution is -2.55. The van der Waals surface area contributed by atoms with Gasteiger partial charge in [0, 0.05) is 35.7 Å². The van der Waals surface area contributed by atoms with Crippen molar-refractivity contribution in [2.24, 2.45) is 11.3 Å². The zero-order valence-electron chi connectivity index (χ0n) is 19.7. The number of hydrogen-bond acceptors (Lipinski definition) is 2. The Bertz CT molecular complexity index is 939. The summed E-state index contributed by atoms with van der Waals surface area (Å²) in [5.41, 5.74) is 5.59. The van der Waals surface area contributed by atoms with Crippen molar-refractivity contribution in [1.82, 2.24) is 4.90 Å². The monoisotopic (exact) mass is 403 g/mol. The van der Waals surface area contributed by atoms with Gasteiger partial charge in [-0.3, -0.25) is 0 Å². The molecule has 4 atom stereocenters. The maximum absolute atomic E-state index is 6.79. The molecule has 0 bridgehead atoms. The Labute approximate surface area is 182 Å². The zero-order valence-corrected chi connectivity index (χ0v) is 19.7. The number of benzene rings is 2. The Hall–Kier alpha value is -2.22. The molecule has 2 aliphatic heterocycles. The summed E-state index contributed by atoms with van der Waals surface area (Å²) in [6, 6.07) is 17.5. The summed E-state index contributed by atoms with van der Waals surface area (Å²) < 4.78 is 6.79. The van der Waals surface area contributed by atoms with Crippen LogP contribution in [0.25, 0.3) is 0 Å². The van der Waals surface area contributed by atoms with Gasteiger partial charge in [-0.2, -0.15) is 0 Å². The first kappa shape index (κ1) is 21.0. The zero-order chi connectivity index (χ0) is 21.7. The van der Waals surface area contributed by atoms with Crippen molar-refractivity contribution >= 4 is 0 Å². The van der Waals surface area contributed by atoms with Gasteiger partial charge in [0.25, 0.3) is 0 Å². The average molecular weight is 404 g/mol. The van der Waals surface area contributed by atoms with Gasteiger partial charge >= 0.3 is 0 Å². The van der Waals surface area contributed by atoms with Crippen LogP contribution >= 0.6 is 0 Å². The topological polar surface area (TPSA) is 12.5 Å². The molecular formula is C28H37NO. The van der Waals surface area contributed by atoms with Crippen LogP contribution in [0.15, 0.2) is 60.3 Å². The molecule has 2 heterocycles. The van der Waals surface area contributed by atoms with Crippen LogP contribution in [0, 0.1) is 11.3 Å². The van der Waals surface area contributed by atoms with Crippen LogP contribution in [0.5, 0.6) is 5.75 Å². The number of para-hydroxylation sites is 1. The van der Waals surface area contributed by atoms with E-state index >= 15 is 0 Å². The van der Waals surface area contributed by atoms with Gasteiger partial charge in [0.2, 0.25) is 0 Å². The third-order valence-corrected chi connectivity index (χ3v) is 7.90. The van der Waals surface area contributed by atoms with E-state index in [0.717, 1.165) is 18.6 Å². The summed E-state index contributed by atoms with van der Waals surface area (Å²) in [6.07, 6.45) is 4.72. The maximum atomic E-state index is 6.79. The molecule has 2 nitrogen and oxygen atoms in total. The van der Waals surface area contributed by atoms with E-state index in [1.165, 1.54) is 22.4 Å². The third kappa shape index (κ3) is 3.45. The molecule has 30 heavy (non-hydrogen) atoms. The molecule has 0 fully saturated rings. The molecule has 2 aromatic rings. The SMILES string of the molecule is CC1=CC(c2cccc3c2OC(c2ccccc2)C(C)C3)CC(C)(C(C)(C)C)N1C. The number of rotatable bonds is 2. The van der Waals surface area contributed by atoms with Gasteiger partial charge in [0.1, 0.15) is 11.9 Å². The first-order chi connectivity index (χ1) is 14.1. The highest BCUT2D eigenvalue weighted by molar-refractivity contribution is 5.48. The summed E-state index contributed by atoms with van der Waals surface area (Å²) in [4.78, 5) is 2.48. The van der Waals surface area contributed by atoms with Crippen molar-refractivity contribution in [3.05, 3.63) is 77.0 Å². The van der Waals surface area contributed by atoms with Gasteiger partial charge in [-0.1, -0.05) is 82.3 Å². The quantitative estimate of drug-likeness (QED) is 0.529. The van der Waals surface area contributed by atoms with E-state index in [-0.39, 0.29) is 17.1 Å². The molecule has 2 heteroatoms. The molecule has 4 rings (SSSR count). The Kier molecular flexibility index (Phi) is 5.24. The largest absolute Gasteiger partial charge is 0.485 e. The van der Waals surface area contributed by atoms with Crippen LogP contribution in [0.4, 0.5) is 0 Å². The van der Waals surface area contributed by atoms with Gasteiger partial charge in [-0.15, -0.1) is 0 Å². The minimum absolute atomic E-state index is 0.0833. The molecule has 0 N–H and O–H groups in total. The molecule has 0 aromatic heterocycles. The van der Waals surface area contributed by atoms with Crippen LogP contribution in [0.2, 0.25) is 0 Å². The molecule has 160 valence electrons. The van der Waals surface area contributed by atoms with Crippen molar-refractivity contribution in [3.8, 4) is 5.75 Å². The second-order valence-electron chi connectivity index (χ2n) is 10.7. The molecule has 0 aliphatic carbocycles. The van der Waals surface area contributed by atoms with Gasteiger partial charge in [-0.05, 0) is 43.2 Å². The molecule has 0 spiro atoms. The highest BCUT2D eigenvalue weighted by atomic mass is 16.5. The van der Waals surface area contributed by atoms with Gasteiger partial charge in [0.15, 0.2) is 0 Å². The van der Waals surface area contributed by atoms with Crippen LogP contribution in [0.3, 0.4) is 0 Å². The number of ether oxygens (including phenoxy) is 1. The summed E-state index contributed by atoms with van der Waals surface area (Å²) >= 11 is 0. The fourth-order valence-corrected chi connectivity index (χ4v) is 5.36. The van der Waals surface area contributed by atoms with Crippen LogP contribution in [-0.4, -0.2) is 17.5 Å². The molecule has 0 saturated carbocycles. The van der Waals surface area contributed by atoms with E-state index in [1.54, 1.807) is 0 Å². The maximum Gasteiger partial charge on any atom is 0.127 e. The Balaban J connectivity index is 1.75. The number of nitrogens with zero attached hydrogens (tertiary/aromatic N) is 1. The predicted molar refractivity (Wildman–Crippen MR) is 126 cm³/mol. The van der Waals surface area contributed by atoms with E-state index in [1.807, 2.05) is 0 Å². The van der Waals surface area contributed by atoms with Crippen molar-refractivity contribution in [3.63, 3.8) is 0 Å². The molecule has 4 unspecified atom stereocenters. The highest BCUT2D eigenvalue weighted by Gasteiger charge is 2.45. The van der Waals surface area contributed by atoms with Gasteiger partial charge in [0.05, 0.1) is 0 Å². The van der Waals surface area contributed by atoms with Gasteiger partial charge < -0.3 is 9.64 Å². The number of hydrogen-bond donors (Lipinski definition) is 0. The normalized spacial score (nSPS) is 29.1. The Morgan fingerprint density at radius 2 is 1.73 bits per heavy atom. The predicted octanol–water partition coefficient (Wildman–Crippen LogP) is 7.13. The minimum atomic E-state index is 0.0833. The summed E-state index contributed by atoms with van der Waals surface area (Å²) in [6.45, 7) is 14.1. The summed E-state index contributed by atoms with van der Waals surface area (Å²) in [5.74, 6) is 1.95. The lowest BCUT2D eigenvalue weighted by molar-refractivity contribution is 0.0305. The van der Waals surface area contributed by atoms with E-state index in [9.17, 15) is 0 Å². The summed E-state index contributed by atoms with van der Waals surface area (Å²) in [5, 5.41) is 0. The second-order valence-corrected chi connectivity index (χ2v) is 10.7. The second kappa shape index (κ2) is 7.48. The standard InChI is InChI=1S/C28H37NO/c1-19-16-22-14-11-15-24(26(22)30-25(19)21-12-9-8-10-13-21)23-17-20(2)29(7)28(6,18-23)27(3,4)5/h8-15,17,19,23,25H,16,18H2,1-7H3. The van der Waals surface area contributed by atoms with Crippen molar-refractivity contribution in [1.29, 1.82) is 0 Å². The van der Waals surface area contributed by atoms with Crippen LogP contribution in [-0.2, 0) is 6.42 Å². The highest BCUT2D eigenvalue weighted by Crippen LogP contribution is 2.50. The molecule has 2 aromatic carbocycles. The van der Waals surface area contributed by atoms with E-state index in [0.29, 0.717) is 11.8 Å². The molecule has 2 aliphatic rings. The lowest BCUT2D eigenvalue weighted by Gasteiger charge is -2.54. The van der Waals surface area contributed by atoms with E-state index < -0.39 is 0 Å². The first-order valence-corrected chi connectivity index (χ1v) is 11.4. The summed E-state index contributed by atoms with van der Waals surface area (Å²) in [7, 11) is 2.25. The van der Waals surface area contributed by atoms with Gasteiger partial charge in [-0.25, -0.2) is 0 Å². The lowest BCUT2D eigenvalue weighted by atomic mass is 9.66. The molecule has 0 radical (unpaired) electrons. The average Bonchev–Trinajstić information content (AvgIpc) is 2.70. The molecular weight excluding hydrogens is 366 g/mol.